The van der Waals surface area contributed by atoms with Crippen LogP contribution >= 0.6 is 0 Å². The molecule has 0 bridgehead atoms. The molecule has 8 nitrogen and oxygen atoms in total. The molecule has 8 heteroatoms. The minimum absolute atomic E-state index is 0.0179. The molecule has 3 heterocycles. The van der Waals surface area contributed by atoms with Gasteiger partial charge in [0.2, 0.25) is 5.91 Å². The van der Waals surface area contributed by atoms with Gasteiger partial charge in [-0.25, -0.2) is 9.98 Å². The highest BCUT2D eigenvalue weighted by molar-refractivity contribution is 5.97. The fourth-order valence-corrected chi connectivity index (χ4v) is 4.07. The molecule has 2 aliphatic rings. The summed E-state index contributed by atoms with van der Waals surface area (Å²) in [6, 6.07) is 13.9. The lowest BCUT2D eigenvalue weighted by molar-refractivity contribution is -0.117. The van der Waals surface area contributed by atoms with Crippen molar-refractivity contribution in [2.75, 3.05) is 42.6 Å². The number of aliphatic imine (C=N–C) groups is 1. The number of pyridine rings is 1. The minimum atomic E-state index is 0.0179. The van der Waals surface area contributed by atoms with Gasteiger partial charge < -0.3 is 25.2 Å². The van der Waals surface area contributed by atoms with Crippen LogP contribution in [0.25, 0.3) is 0 Å². The van der Waals surface area contributed by atoms with E-state index in [2.05, 4.69) is 39.6 Å². The number of carbonyl (C=O) groups excluding carboxylic acids is 1. The number of nitrogens with zero attached hydrogens (tertiary/aromatic N) is 4. The van der Waals surface area contributed by atoms with Gasteiger partial charge in [0, 0.05) is 44.5 Å². The number of para-hydroxylation sites is 1. The third-order valence-corrected chi connectivity index (χ3v) is 5.67. The van der Waals surface area contributed by atoms with Crippen LogP contribution in [-0.4, -0.2) is 61.8 Å². The first-order chi connectivity index (χ1) is 15.6. The van der Waals surface area contributed by atoms with Crippen molar-refractivity contribution in [2.24, 2.45) is 4.99 Å². The summed E-state index contributed by atoms with van der Waals surface area (Å²) >= 11 is 0. The van der Waals surface area contributed by atoms with Gasteiger partial charge in [-0.2, -0.15) is 0 Å². The molecule has 2 N–H and O–H groups in total. The van der Waals surface area contributed by atoms with Crippen LogP contribution in [-0.2, 0) is 16.1 Å². The zero-order valence-electron chi connectivity index (χ0n) is 18.8. The number of hydrogen-bond donors (Lipinski definition) is 2. The maximum absolute atomic E-state index is 12.5. The second-order valence-corrected chi connectivity index (χ2v) is 8.23. The van der Waals surface area contributed by atoms with Crippen LogP contribution in [0.1, 0.15) is 25.8 Å². The molecule has 2 saturated heterocycles. The van der Waals surface area contributed by atoms with E-state index in [0.29, 0.717) is 25.5 Å². The summed E-state index contributed by atoms with van der Waals surface area (Å²) in [6.45, 7) is 8.48. The number of amides is 1. The Balaban J connectivity index is 1.35. The third kappa shape index (κ3) is 5.56. The Morgan fingerprint density at radius 1 is 1.22 bits per heavy atom. The minimum Gasteiger partial charge on any atom is -0.375 e. The van der Waals surface area contributed by atoms with Gasteiger partial charge in [0.1, 0.15) is 5.82 Å². The van der Waals surface area contributed by atoms with Gasteiger partial charge in [0.05, 0.1) is 25.3 Å². The Morgan fingerprint density at radius 3 is 2.78 bits per heavy atom. The molecule has 1 aromatic carbocycles. The number of benzene rings is 1. The van der Waals surface area contributed by atoms with Crippen molar-refractivity contribution in [3.05, 3.63) is 54.2 Å². The lowest BCUT2D eigenvalue weighted by Crippen LogP contribution is -2.44. The molecule has 170 valence electrons. The number of aromatic nitrogens is 1. The first-order valence-corrected chi connectivity index (χ1v) is 11.3. The van der Waals surface area contributed by atoms with Gasteiger partial charge in [0.25, 0.3) is 0 Å². The summed E-state index contributed by atoms with van der Waals surface area (Å²) in [5, 5.41) is 6.70. The predicted octanol–water partition coefficient (Wildman–Crippen LogP) is 2.17. The summed E-state index contributed by atoms with van der Waals surface area (Å²) < 4.78 is 5.61. The number of nitrogens with one attached hydrogen (secondary N) is 2. The maximum Gasteiger partial charge on any atom is 0.229 e. The van der Waals surface area contributed by atoms with Crippen LogP contribution < -0.4 is 20.4 Å². The van der Waals surface area contributed by atoms with Crippen LogP contribution in [0.15, 0.2) is 53.7 Å². The van der Waals surface area contributed by atoms with E-state index in [0.717, 1.165) is 43.3 Å². The second-order valence-electron chi connectivity index (χ2n) is 8.23. The molecule has 2 unspecified atom stereocenters. The Bertz CT molecular complexity index is 918. The standard InChI is InChI=1S/C24H32N6O2/c1-3-25-24(28-20-13-23(31)30(17-20)21-7-5-4-6-8-21)27-15-19-9-10-22(26-14-19)29-11-12-32-18(2)16-29/h4-10,14,18,20H,3,11-13,15-17H2,1-2H3,(H2,25,27,28). The predicted molar refractivity (Wildman–Crippen MR) is 127 cm³/mol. The normalized spacial score (nSPS) is 21.7. The molecule has 0 spiro atoms. The Morgan fingerprint density at radius 2 is 2.06 bits per heavy atom. The lowest BCUT2D eigenvalue weighted by atomic mass is 10.2. The van der Waals surface area contributed by atoms with Gasteiger partial charge in [-0.15, -0.1) is 0 Å². The first kappa shape index (κ1) is 22.1. The molecule has 32 heavy (non-hydrogen) atoms. The molecule has 4 rings (SSSR count). The topological polar surface area (TPSA) is 82.1 Å². The molecule has 2 atom stereocenters. The molecule has 2 fully saturated rings. The average Bonchev–Trinajstić information content (AvgIpc) is 3.18. The van der Waals surface area contributed by atoms with E-state index in [4.69, 9.17) is 9.73 Å². The van der Waals surface area contributed by atoms with E-state index in [1.807, 2.05) is 48.4 Å². The maximum atomic E-state index is 12.5. The Labute approximate surface area is 189 Å². The highest BCUT2D eigenvalue weighted by atomic mass is 16.5. The molecule has 0 saturated carbocycles. The fourth-order valence-electron chi connectivity index (χ4n) is 4.07. The van der Waals surface area contributed by atoms with Gasteiger partial charge in [0.15, 0.2) is 5.96 Å². The summed E-state index contributed by atoms with van der Waals surface area (Å²) in [7, 11) is 0. The zero-order valence-corrected chi connectivity index (χ0v) is 18.8. The van der Waals surface area contributed by atoms with E-state index >= 15 is 0 Å². The number of rotatable bonds is 6. The van der Waals surface area contributed by atoms with Crippen molar-refractivity contribution >= 4 is 23.4 Å². The van der Waals surface area contributed by atoms with E-state index in [9.17, 15) is 4.79 Å². The summed E-state index contributed by atoms with van der Waals surface area (Å²) in [5.74, 6) is 1.82. The average molecular weight is 437 g/mol. The Hall–Kier alpha value is -3.13. The first-order valence-electron chi connectivity index (χ1n) is 11.3. The lowest BCUT2D eigenvalue weighted by Gasteiger charge is -2.32. The monoisotopic (exact) mass is 436 g/mol. The van der Waals surface area contributed by atoms with Crippen LogP contribution in [0, 0.1) is 0 Å². The number of ether oxygens (including phenoxy) is 1. The molecule has 1 amide bonds. The number of anilines is 2. The highest BCUT2D eigenvalue weighted by Crippen LogP contribution is 2.21. The van der Waals surface area contributed by atoms with Gasteiger partial charge >= 0.3 is 0 Å². The molecule has 1 aromatic heterocycles. The SMILES string of the molecule is CCNC(=NCc1ccc(N2CCOC(C)C2)nc1)NC1CC(=O)N(c2ccccc2)C1. The number of hydrogen-bond acceptors (Lipinski definition) is 5. The van der Waals surface area contributed by atoms with Crippen molar-refractivity contribution in [1.82, 2.24) is 15.6 Å². The number of guanidine groups is 1. The molecule has 2 aliphatic heterocycles. The fraction of sp³-hybridized carbons (Fsp3) is 0.458. The van der Waals surface area contributed by atoms with Crippen LogP contribution in [0.2, 0.25) is 0 Å². The molecule has 0 aliphatic carbocycles. The van der Waals surface area contributed by atoms with Crippen molar-refractivity contribution in [3.8, 4) is 0 Å². The van der Waals surface area contributed by atoms with Gasteiger partial charge in [-0.1, -0.05) is 24.3 Å². The van der Waals surface area contributed by atoms with Crippen LogP contribution in [0.5, 0.6) is 0 Å². The van der Waals surface area contributed by atoms with Gasteiger partial charge in [-0.3, -0.25) is 4.79 Å². The molecule has 2 aromatic rings. The van der Waals surface area contributed by atoms with Crippen molar-refractivity contribution < 1.29 is 9.53 Å². The summed E-state index contributed by atoms with van der Waals surface area (Å²) in [5.41, 5.74) is 1.98. The van der Waals surface area contributed by atoms with Crippen LogP contribution in [0.4, 0.5) is 11.5 Å². The van der Waals surface area contributed by atoms with Crippen molar-refractivity contribution in [1.29, 1.82) is 0 Å². The molecular weight excluding hydrogens is 404 g/mol. The molecule has 0 radical (unpaired) electrons. The Kier molecular flexibility index (Phi) is 7.21. The largest absolute Gasteiger partial charge is 0.375 e. The summed E-state index contributed by atoms with van der Waals surface area (Å²) in [6.07, 6.45) is 2.57. The summed E-state index contributed by atoms with van der Waals surface area (Å²) in [4.78, 5) is 25.9. The van der Waals surface area contributed by atoms with E-state index in [1.54, 1.807) is 0 Å². The number of morpholine rings is 1. The van der Waals surface area contributed by atoms with Crippen molar-refractivity contribution in [3.63, 3.8) is 0 Å². The number of carbonyl (C=O) groups is 1. The molecular formula is C24H32N6O2. The highest BCUT2D eigenvalue weighted by Gasteiger charge is 2.31. The van der Waals surface area contributed by atoms with Crippen LogP contribution in [0.3, 0.4) is 0 Å². The van der Waals surface area contributed by atoms with Gasteiger partial charge in [-0.05, 0) is 37.6 Å². The van der Waals surface area contributed by atoms with E-state index in [-0.39, 0.29) is 18.1 Å². The van der Waals surface area contributed by atoms with E-state index in [1.165, 1.54) is 0 Å². The second kappa shape index (κ2) is 10.5. The van der Waals surface area contributed by atoms with E-state index < -0.39 is 0 Å². The smallest absolute Gasteiger partial charge is 0.229 e. The quantitative estimate of drug-likeness (QED) is 0.534. The third-order valence-electron chi connectivity index (χ3n) is 5.67. The zero-order chi connectivity index (χ0) is 22.3. The van der Waals surface area contributed by atoms with Crippen molar-refractivity contribution in [2.45, 2.75) is 39.0 Å².